The molecule has 1 aromatic carbocycles. The summed E-state index contributed by atoms with van der Waals surface area (Å²) in [6.45, 7) is 5.69. The summed E-state index contributed by atoms with van der Waals surface area (Å²) in [5, 5.41) is 22.0. The number of aliphatic hydroxyl groups excluding tert-OH is 1. The van der Waals surface area contributed by atoms with Crippen molar-refractivity contribution >= 4 is 5.97 Å². The van der Waals surface area contributed by atoms with Crippen LogP contribution < -0.4 is 10.1 Å². The number of nitrogens with one attached hydrogen (secondary N) is 1. The molecular weight excluding hydrogens is 298 g/mol. The van der Waals surface area contributed by atoms with Gasteiger partial charge in [-0.3, -0.25) is 0 Å². The Morgan fingerprint density at radius 2 is 2.04 bits per heavy atom. The molecule has 0 saturated carbocycles. The van der Waals surface area contributed by atoms with Crippen LogP contribution in [0.4, 0.5) is 0 Å². The summed E-state index contributed by atoms with van der Waals surface area (Å²) in [6, 6.07) is 4.40. The molecule has 1 aliphatic rings. The number of hydrogen-bond acceptors (Lipinski definition) is 6. The molecule has 1 fully saturated rings. The summed E-state index contributed by atoms with van der Waals surface area (Å²) in [5.74, 6) is -0.0426. The van der Waals surface area contributed by atoms with E-state index in [4.69, 9.17) is 14.6 Å². The second-order valence-corrected chi connectivity index (χ2v) is 6.27. The molecule has 1 aliphatic heterocycles. The maximum absolute atomic E-state index is 12.4. The third-order valence-electron chi connectivity index (χ3n) is 4.23. The highest BCUT2D eigenvalue weighted by Crippen LogP contribution is 2.31. The Kier molecular flexibility index (Phi) is 5.85. The molecule has 0 spiro atoms. The molecule has 3 N–H and O–H groups in total. The van der Waals surface area contributed by atoms with E-state index in [1.54, 1.807) is 6.07 Å². The smallest absolute Gasteiger partial charge is 0.342 e. The molecule has 6 heteroatoms. The fourth-order valence-corrected chi connectivity index (χ4v) is 2.83. The van der Waals surface area contributed by atoms with Gasteiger partial charge in [-0.05, 0) is 51.9 Å². The van der Waals surface area contributed by atoms with Crippen LogP contribution >= 0.6 is 0 Å². The quantitative estimate of drug-likeness (QED) is 0.691. The maximum atomic E-state index is 12.4. The van der Waals surface area contributed by atoms with Gasteiger partial charge < -0.3 is 25.0 Å². The highest BCUT2D eigenvalue weighted by molar-refractivity contribution is 5.92. The van der Waals surface area contributed by atoms with Gasteiger partial charge in [0.15, 0.2) is 0 Å². The first-order valence-electron chi connectivity index (χ1n) is 7.95. The Balaban J connectivity index is 2.04. The Morgan fingerprint density at radius 3 is 2.65 bits per heavy atom. The number of phenolic OH excluding ortho intramolecular Hbond substituents is 1. The molecule has 1 heterocycles. The number of piperidine rings is 1. The SMILES string of the molecule is CC(C)(OC(=O)c1ccc(OCCO)cc1O)C1CCNCC1. The van der Waals surface area contributed by atoms with E-state index < -0.39 is 11.6 Å². The Morgan fingerprint density at radius 1 is 1.35 bits per heavy atom. The van der Waals surface area contributed by atoms with Gasteiger partial charge >= 0.3 is 5.97 Å². The molecule has 0 unspecified atom stereocenters. The number of hydrogen-bond donors (Lipinski definition) is 3. The highest BCUT2D eigenvalue weighted by atomic mass is 16.6. The molecule has 0 aliphatic carbocycles. The number of aliphatic hydroxyl groups is 1. The fourth-order valence-electron chi connectivity index (χ4n) is 2.83. The van der Waals surface area contributed by atoms with Crippen molar-refractivity contribution in [2.75, 3.05) is 26.3 Å². The topological polar surface area (TPSA) is 88.0 Å². The van der Waals surface area contributed by atoms with Crippen molar-refractivity contribution in [1.29, 1.82) is 0 Å². The van der Waals surface area contributed by atoms with Crippen molar-refractivity contribution in [3.05, 3.63) is 23.8 Å². The lowest BCUT2D eigenvalue weighted by molar-refractivity contribution is -0.0370. The molecule has 1 saturated heterocycles. The van der Waals surface area contributed by atoms with E-state index in [0.717, 1.165) is 25.9 Å². The average Bonchev–Trinajstić information content (AvgIpc) is 2.53. The predicted octanol–water partition coefficient (Wildman–Crippen LogP) is 1.70. The number of carbonyl (C=O) groups is 1. The lowest BCUT2D eigenvalue weighted by Gasteiger charge is -2.36. The molecular formula is C17H25NO5. The highest BCUT2D eigenvalue weighted by Gasteiger charge is 2.34. The summed E-state index contributed by atoms with van der Waals surface area (Å²) in [5.41, 5.74) is -0.471. The van der Waals surface area contributed by atoms with E-state index in [9.17, 15) is 9.90 Å². The van der Waals surface area contributed by atoms with E-state index in [1.165, 1.54) is 12.1 Å². The number of phenols is 1. The first kappa shape index (κ1) is 17.6. The predicted molar refractivity (Wildman–Crippen MR) is 85.8 cm³/mol. The zero-order chi connectivity index (χ0) is 16.9. The summed E-state index contributed by atoms with van der Waals surface area (Å²) in [7, 11) is 0. The zero-order valence-corrected chi connectivity index (χ0v) is 13.7. The number of esters is 1. The summed E-state index contributed by atoms with van der Waals surface area (Å²) in [6.07, 6.45) is 1.92. The zero-order valence-electron chi connectivity index (χ0n) is 13.7. The molecule has 0 amide bonds. The molecule has 0 atom stereocenters. The van der Waals surface area contributed by atoms with Gasteiger partial charge in [0.1, 0.15) is 29.3 Å². The molecule has 6 nitrogen and oxygen atoms in total. The summed E-state index contributed by atoms with van der Waals surface area (Å²) >= 11 is 0. The van der Waals surface area contributed by atoms with E-state index in [1.807, 2.05) is 13.8 Å². The van der Waals surface area contributed by atoms with E-state index in [-0.39, 0.29) is 24.5 Å². The van der Waals surface area contributed by atoms with E-state index >= 15 is 0 Å². The second kappa shape index (κ2) is 7.66. The van der Waals surface area contributed by atoms with Crippen LogP contribution in [0.3, 0.4) is 0 Å². The van der Waals surface area contributed by atoms with Gasteiger partial charge in [-0.1, -0.05) is 0 Å². The first-order valence-corrected chi connectivity index (χ1v) is 7.95. The number of aromatic hydroxyl groups is 1. The van der Waals surface area contributed by atoms with Gasteiger partial charge in [-0.15, -0.1) is 0 Å². The minimum Gasteiger partial charge on any atom is -0.507 e. The van der Waals surface area contributed by atoms with Gasteiger partial charge in [0, 0.05) is 12.0 Å². The van der Waals surface area contributed by atoms with Crippen molar-refractivity contribution in [2.45, 2.75) is 32.3 Å². The van der Waals surface area contributed by atoms with Crippen molar-refractivity contribution < 1.29 is 24.5 Å². The lowest BCUT2D eigenvalue weighted by Crippen LogP contribution is -2.42. The largest absolute Gasteiger partial charge is 0.507 e. The minimum absolute atomic E-state index is 0.114. The van der Waals surface area contributed by atoms with Crippen LogP contribution in [-0.4, -0.2) is 48.1 Å². The summed E-state index contributed by atoms with van der Waals surface area (Å²) < 4.78 is 10.9. The minimum atomic E-state index is -0.586. The molecule has 1 aromatic rings. The molecule has 2 rings (SSSR count). The lowest BCUT2D eigenvalue weighted by atomic mass is 9.83. The number of benzene rings is 1. The Bertz CT molecular complexity index is 538. The van der Waals surface area contributed by atoms with Crippen molar-refractivity contribution in [1.82, 2.24) is 5.32 Å². The van der Waals surface area contributed by atoms with Crippen LogP contribution in [0.5, 0.6) is 11.5 Å². The van der Waals surface area contributed by atoms with Crippen molar-refractivity contribution in [2.24, 2.45) is 5.92 Å². The van der Waals surface area contributed by atoms with Crippen LogP contribution in [0.25, 0.3) is 0 Å². The van der Waals surface area contributed by atoms with Gasteiger partial charge in [0.2, 0.25) is 0 Å². The standard InChI is InChI=1S/C17H25NO5/c1-17(2,12-5-7-18-8-6-12)23-16(21)14-4-3-13(11-15(14)20)22-10-9-19/h3-4,11-12,18-20H,5-10H2,1-2H3. The average molecular weight is 323 g/mol. The van der Waals surface area contributed by atoms with Crippen LogP contribution in [0.15, 0.2) is 18.2 Å². The maximum Gasteiger partial charge on any atom is 0.342 e. The van der Waals surface area contributed by atoms with Crippen LogP contribution in [-0.2, 0) is 4.74 Å². The Hall–Kier alpha value is -1.79. The van der Waals surface area contributed by atoms with Gasteiger partial charge in [-0.25, -0.2) is 4.79 Å². The van der Waals surface area contributed by atoms with Crippen LogP contribution in [0, 0.1) is 5.92 Å². The third-order valence-corrected chi connectivity index (χ3v) is 4.23. The van der Waals surface area contributed by atoms with E-state index in [0.29, 0.717) is 11.7 Å². The Labute approximate surface area is 136 Å². The van der Waals surface area contributed by atoms with E-state index in [2.05, 4.69) is 5.32 Å². The van der Waals surface area contributed by atoms with Gasteiger partial charge in [0.25, 0.3) is 0 Å². The summed E-state index contributed by atoms with van der Waals surface area (Å²) in [4.78, 5) is 12.4. The molecule has 23 heavy (non-hydrogen) atoms. The molecule has 0 bridgehead atoms. The molecule has 128 valence electrons. The fraction of sp³-hybridized carbons (Fsp3) is 0.588. The number of rotatable bonds is 6. The number of ether oxygens (including phenoxy) is 2. The van der Waals surface area contributed by atoms with Crippen LogP contribution in [0.2, 0.25) is 0 Å². The molecule has 0 radical (unpaired) electrons. The monoisotopic (exact) mass is 323 g/mol. The van der Waals surface area contributed by atoms with Crippen molar-refractivity contribution in [3.8, 4) is 11.5 Å². The van der Waals surface area contributed by atoms with Gasteiger partial charge in [-0.2, -0.15) is 0 Å². The molecule has 0 aromatic heterocycles. The third kappa shape index (κ3) is 4.59. The first-order chi connectivity index (χ1) is 10.9. The number of carbonyl (C=O) groups excluding carboxylic acids is 1. The second-order valence-electron chi connectivity index (χ2n) is 6.27. The van der Waals surface area contributed by atoms with Crippen LogP contribution in [0.1, 0.15) is 37.0 Å². The van der Waals surface area contributed by atoms with Crippen molar-refractivity contribution in [3.63, 3.8) is 0 Å². The normalized spacial score (nSPS) is 16.1. The van der Waals surface area contributed by atoms with Gasteiger partial charge in [0.05, 0.1) is 6.61 Å².